The maximum atomic E-state index is 10.6. The van der Waals surface area contributed by atoms with Gasteiger partial charge < -0.3 is 0 Å². The van der Waals surface area contributed by atoms with Crippen molar-refractivity contribution < 1.29 is 4.79 Å². The van der Waals surface area contributed by atoms with Crippen LogP contribution >= 0.6 is 0 Å². The molecule has 0 aromatic heterocycles. The van der Waals surface area contributed by atoms with E-state index in [2.05, 4.69) is 18.8 Å². The number of unbranched alkanes of at least 4 members (excludes halogenated alkanes) is 1. The molecule has 11 heavy (non-hydrogen) atoms. The Kier molecular flexibility index (Phi) is 5.56. The Balaban J connectivity index is 3.61. The molecular weight excluding hydrogens is 136 g/mol. The molecule has 0 amide bonds. The van der Waals surface area contributed by atoms with E-state index < -0.39 is 0 Å². The molecular formula is C10H16O. The van der Waals surface area contributed by atoms with Gasteiger partial charge in [0.2, 0.25) is 0 Å². The molecule has 0 aliphatic heterocycles. The van der Waals surface area contributed by atoms with Crippen LogP contribution in [0.4, 0.5) is 0 Å². The van der Waals surface area contributed by atoms with Gasteiger partial charge in [-0.05, 0) is 13.3 Å². The van der Waals surface area contributed by atoms with Crippen molar-refractivity contribution in [3.05, 3.63) is 0 Å². The van der Waals surface area contributed by atoms with Gasteiger partial charge in [0.1, 0.15) is 5.78 Å². The molecule has 62 valence electrons. The highest BCUT2D eigenvalue weighted by molar-refractivity contribution is 5.76. The molecule has 0 aromatic rings. The highest BCUT2D eigenvalue weighted by atomic mass is 16.1. The summed E-state index contributed by atoms with van der Waals surface area (Å²) in [7, 11) is 0. The van der Waals surface area contributed by atoms with Crippen LogP contribution in [-0.4, -0.2) is 5.78 Å². The summed E-state index contributed by atoms with van der Waals surface area (Å²) >= 11 is 0. The first-order valence-electron chi connectivity index (χ1n) is 4.14. The Labute approximate surface area is 69.2 Å². The fourth-order valence-electron chi connectivity index (χ4n) is 0.854. The first-order valence-corrected chi connectivity index (χ1v) is 4.14. The van der Waals surface area contributed by atoms with Crippen LogP contribution in [0.25, 0.3) is 0 Å². The molecule has 1 nitrogen and oxygen atoms in total. The zero-order chi connectivity index (χ0) is 8.69. The lowest BCUT2D eigenvalue weighted by Crippen LogP contribution is -1.98. The van der Waals surface area contributed by atoms with E-state index in [0.29, 0.717) is 6.42 Å². The molecule has 0 bridgehead atoms. The molecule has 0 aromatic carbocycles. The first-order chi connectivity index (χ1) is 5.16. The Morgan fingerprint density at radius 2 is 2.18 bits per heavy atom. The standard InChI is InChI=1S/C10H16O/c1-4-5-6-7-9(2)8-10(3)11/h9H,4-5,8H2,1-3H3. The molecule has 0 fully saturated rings. The average Bonchev–Trinajstić information content (AvgIpc) is 1.86. The zero-order valence-corrected chi connectivity index (χ0v) is 7.61. The molecule has 1 heteroatoms. The third kappa shape index (κ3) is 7.12. The normalized spacial score (nSPS) is 11.5. The molecule has 0 aliphatic rings. The topological polar surface area (TPSA) is 17.1 Å². The van der Waals surface area contributed by atoms with E-state index in [4.69, 9.17) is 0 Å². The van der Waals surface area contributed by atoms with E-state index in [9.17, 15) is 4.79 Å². The predicted molar refractivity (Wildman–Crippen MR) is 47.1 cm³/mol. The van der Waals surface area contributed by atoms with Crippen molar-refractivity contribution >= 4 is 5.78 Å². The number of hydrogen-bond acceptors (Lipinski definition) is 1. The van der Waals surface area contributed by atoms with Crippen molar-refractivity contribution in [3.63, 3.8) is 0 Å². The summed E-state index contributed by atoms with van der Waals surface area (Å²) in [6.07, 6.45) is 2.64. The third-order valence-corrected chi connectivity index (χ3v) is 1.32. The van der Waals surface area contributed by atoms with Crippen LogP contribution in [-0.2, 0) is 4.79 Å². The van der Waals surface area contributed by atoms with E-state index >= 15 is 0 Å². The van der Waals surface area contributed by atoms with Crippen molar-refractivity contribution in [1.29, 1.82) is 0 Å². The summed E-state index contributed by atoms with van der Waals surface area (Å²) in [5, 5.41) is 0. The van der Waals surface area contributed by atoms with Crippen LogP contribution in [0.3, 0.4) is 0 Å². The van der Waals surface area contributed by atoms with Crippen LogP contribution in [0, 0.1) is 17.8 Å². The second-order valence-corrected chi connectivity index (χ2v) is 2.88. The van der Waals surface area contributed by atoms with Gasteiger partial charge in [-0.25, -0.2) is 0 Å². The summed E-state index contributed by atoms with van der Waals surface area (Å²) in [6.45, 7) is 5.70. The van der Waals surface area contributed by atoms with Crippen molar-refractivity contribution in [1.82, 2.24) is 0 Å². The van der Waals surface area contributed by atoms with Crippen molar-refractivity contribution in [2.24, 2.45) is 5.92 Å². The summed E-state index contributed by atoms with van der Waals surface area (Å²) in [6, 6.07) is 0. The smallest absolute Gasteiger partial charge is 0.131 e. The minimum Gasteiger partial charge on any atom is -0.300 e. The number of rotatable bonds is 3. The molecule has 0 saturated carbocycles. The first kappa shape index (κ1) is 10.2. The lowest BCUT2D eigenvalue weighted by molar-refractivity contribution is -0.117. The van der Waals surface area contributed by atoms with Crippen LogP contribution in [0.1, 0.15) is 40.0 Å². The van der Waals surface area contributed by atoms with Gasteiger partial charge in [-0.3, -0.25) is 4.79 Å². The molecule has 1 unspecified atom stereocenters. The van der Waals surface area contributed by atoms with E-state index in [1.165, 1.54) is 0 Å². The Hall–Kier alpha value is -0.770. The minimum absolute atomic E-state index is 0.225. The van der Waals surface area contributed by atoms with Gasteiger partial charge >= 0.3 is 0 Å². The number of hydrogen-bond donors (Lipinski definition) is 0. The quantitative estimate of drug-likeness (QED) is 0.567. The van der Waals surface area contributed by atoms with Gasteiger partial charge in [0, 0.05) is 18.8 Å². The Bertz CT molecular complexity index is 171. The van der Waals surface area contributed by atoms with Gasteiger partial charge in [-0.15, -0.1) is 5.92 Å². The summed E-state index contributed by atoms with van der Waals surface area (Å²) < 4.78 is 0. The molecule has 0 rings (SSSR count). The van der Waals surface area contributed by atoms with Gasteiger partial charge in [0.15, 0.2) is 0 Å². The third-order valence-electron chi connectivity index (χ3n) is 1.32. The molecule has 1 atom stereocenters. The fourth-order valence-corrected chi connectivity index (χ4v) is 0.854. The highest BCUT2D eigenvalue weighted by Crippen LogP contribution is 1.99. The molecule has 0 heterocycles. The maximum Gasteiger partial charge on any atom is 0.131 e. The van der Waals surface area contributed by atoms with Crippen molar-refractivity contribution in [2.45, 2.75) is 40.0 Å². The summed E-state index contributed by atoms with van der Waals surface area (Å²) in [4.78, 5) is 10.6. The van der Waals surface area contributed by atoms with E-state index in [1.54, 1.807) is 6.92 Å². The molecule has 0 N–H and O–H groups in total. The number of carbonyl (C=O) groups excluding carboxylic acids is 1. The van der Waals surface area contributed by atoms with Gasteiger partial charge in [-0.1, -0.05) is 19.8 Å². The van der Waals surface area contributed by atoms with Crippen molar-refractivity contribution in [2.75, 3.05) is 0 Å². The Morgan fingerprint density at radius 1 is 1.55 bits per heavy atom. The SMILES string of the molecule is CCCC#CC(C)CC(C)=O. The average molecular weight is 152 g/mol. The van der Waals surface area contributed by atoms with Crippen LogP contribution in [0.5, 0.6) is 0 Å². The van der Waals surface area contributed by atoms with E-state index in [1.807, 2.05) is 6.92 Å². The molecule has 0 saturated heterocycles. The number of Topliss-reactive ketones (excluding diaryl/α,β-unsaturated/α-hetero) is 1. The van der Waals surface area contributed by atoms with E-state index in [-0.39, 0.29) is 11.7 Å². The predicted octanol–water partition coefficient (Wildman–Crippen LogP) is 2.41. The Morgan fingerprint density at radius 3 is 2.64 bits per heavy atom. The van der Waals surface area contributed by atoms with Crippen molar-refractivity contribution in [3.8, 4) is 11.8 Å². The van der Waals surface area contributed by atoms with Gasteiger partial charge in [-0.2, -0.15) is 0 Å². The second kappa shape index (κ2) is 5.97. The highest BCUT2D eigenvalue weighted by Gasteiger charge is 1.99. The molecule has 0 radical (unpaired) electrons. The molecule has 0 aliphatic carbocycles. The summed E-state index contributed by atoms with van der Waals surface area (Å²) in [5.74, 6) is 6.54. The lowest BCUT2D eigenvalue weighted by atomic mass is 10.1. The minimum atomic E-state index is 0.225. The fraction of sp³-hybridized carbons (Fsp3) is 0.700. The summed E-state index contributed by atoms with van der Waals surface area (Å²) in [5.41, 5.74) is 0. The number of carbonyl (C=O) groups is 1. The largest absolute Gasteiger partial charge is 0.300 e. The maximum absolute atomic E-state index is 10.6. The zero-order valence-electron chi connectivity index (χ0n) is 7.61. The van der Waals surface area contributed by atoms with Crippen LogP contribution in [0.2, 0.25) is 0 Å². The molecule has 0 spiro atoms. The van der Waals surface area contributed by atoms with Crippen LogP contribution in [0.15, 0.2) is 0 Å². The number of ketones is 1. The lowest BCUT2D eigenvalue weighted by Gasteiger charge is -1.97. The van der Waals surface area contributed by atoms with Gasteiger partial charge in [0.05, 0.1) is 0 Å². The second-order valence-electron chi connectivity index (χ2n) is 2.88. The van der Waals surface area contributed by atoms with Crippen LogP contribution < -0.4 is 0 Å². The van der Waals surface area contributed by atoms with E-state index in [0.717, 1.165) is 12.8 Å². The monoisotopic (exact) mass is 152 g/mol. The van der Waals surface area contributed by atoms with Gasteiger partial charge in [0.25, 0.3) is 0 Å².